The van der Waals surface area contributed by atoms with Crippen molar-refractivity contribution in [3.63, 3.8) is 0 Å². The van der Waals surface area contributed by atoms with Crippen molar-refractivity contribution in [2.75, 3.05) is 41.7 Å². The minimum atomic E-state index is -0.136. The summed E-state index contributed by atoms with van der Waals surface area (Å²) in [7, 11) is 0. The third-order valence-electron chi connectivity index (χ3n) is 5.69. The Morgan fingerprint density at radius 2 is 1.77 bits per heavy atom. The Hall–Kier alpha value is -3.09. The molecule has 2 saturated heterocycles. The van der Waals surface area contributed by atoms with Crippen LogP contribution < -0.4 is 20.9 Å². The minimum Gasteiger partial charge on any atom is -0.384 e. The Labute approximate surface area is 186 Å². The topological polar surface area (TPSA) is 74.5 Å². The number of hydrogen-bond donors (Lipinski definition) is 2. The first-order valence-corrected chi connectivity index (χ1v) is 10.9. The third-order valence-corrected chi connectivity index (χ3v) is 5.69. The van der Waals surface area contributed by atoms with E-state index in [0.29, 0.717) is 5.82 Å². The van der Waals surface area contributed by atoms with Gasteiger partial charge in [0.25, 0.3) is 0 Å². The number of halogens is 1. The molecule has 1 aromatic heterocycles. The van der Waals surface area contributed by atoms with Crippen LogP contribution in [0.3, 0.4) is 0 Å². The van der Waals surface area contributed by atoms with E-state index < -0.39 is 0 Å². The molecule has 0 bridgehead atoms. The van der Waals surface area contributed by atoms with Gasteiger partial charge in [-0.1, -0.05) is 12.6 Å². The van der Waals surface area contributed by atoms with Gasteiger partial charge in [-0.3, -0.25) is 4.79 Å². The Balaban J connectivity index is 0.000000324. The number of piperidine rings is 2. The van der Waals surface area contributed by atoms with E-state index >= 15 is 0 Å². The molecular formula is C24H36FN5O. The van der Waals surface area contributed by atoms with E-state index in [1.165, 1.54) is 31.4 Å². The molecule has 3 N–H and O–H groups in total. The van der Waals surface area contributed by atoms with Gasteiger partial charge in [0.1, 0.15) is 11.6 Å². The number of carbonyl (C=O) groups excluding carboxylic acids is 1. The molecule has 0 saturated carbocycles. The second-order valence-electron chi connectivity index (χ2n) is 7.94. The molecule has 0 spiro atoms. The fourth-order valence-corrected chi connectivity index (χ4v) is 4.00. The molecule has 2 aliphatic heterocycles. The number of nitrogens with one attached hydrogen (secondary N) is 1. The lowest BCUT2D eigenvalue weighted by atomic mass is 10.0. The zero-order chi connectivity index (χ0) is 22.1. The Kier molecular flexibility index (Phi) is 8.27. The Morgan fingerprint density at radius 1 is 1.10 bits per heavy atom. The summed E-state index contributed by atoms with van der Waals surface area (Å²) >= 11 is 0. The van der Waals surface area contributed by atoms with Crippen LogP contribution in [-0.2, 0) is 4.79 Å². The summed E-state index contributed by atoms with van der Waals surface area (Å²) in [5.74, 6) is 0.305. The first-order chi connectivity index (χ1) is 15.0. The molecule has 2 fully saturated rings. The van der Waals surface area contributed by atoms with Gasteiger partial charge in [-0.25, -0.2) is 9.37 Å². The van der Waals surface area contributed by atoms with Crippen molar-refractivity contribution in [3.8, 4) is 0 Å². The van der Waals surface area contributed by atoms with E-state index in [1.807, 2.05) is 18.2 Å². The van der Waals surface area contributed by atoms with Crippen molar-refractivity contribution in [1.29, 1.82) is 0 Å². The fraction of sp³-hybridized carbons (Fsp3) is 0.417. The number of nitrogens with zero attached hydrogens (tertiary/aromatic N) is 3. The van der Waals surface area contributed by atoms with Gasteiger partial charge in [0.15, 0.2) is 0 Å². The molecule has 4 rings (SSSR count). The zero-order valence-corrected chi connectivity index (χ0v) is 18.0. The van der Waals surface area contributed by atoms with Crippen molar-refractivity contribution in [2.45, 2.75) is 38.1 Å². The molecule has 170 valence electrons. The molecule has 31 heavy (non-hydrogen) atoms. The fourth-order valence-electron chi connectivity index (χ4n) is 4.00. The number of pyridine rings is 1. The third kappa shape index (κ3) is 6.98. The molecule has 6 nitrogen and oxygen atoms in total. The highest BCUT2D eigenvalue weighted by molar-refractivity contribution is 5.87. The summed E-state index contributed by atoms with van der Waals surface area (Å²) in [6.45, 7) is 7.42. The summed E-state index contributed by atoms with van der Waals surface area (Å²) in [5.41, 5.74) is 7.79. The summed E-state index contributed by atoms with van der Waals surface area (Å²) in [4.78, 5) is 19.7. The van der Waals surface area contributed by atoms with Crippen LogP contribution in [-0.4, -0.2) is 43.1 Å². The maximum atomic E-state index is 12.9. The molecule has 1 aromatic carbocycles. The number of anilines is 3. The van der Waals surface area contributed by atoms with E-state index in [-0.39, 0.29) is 20.6 Å². The van der Waals surface area contributed by atoms with Gasteiger partial charge in [-0.2, -0.15) is 0 Å². The molecule has 2 aliphatic rings. The molecule has 0 radical (unpaired) electrons. The van der Waals surface area contributed by atoms with E-state index in [0.717, 1.165) is 50.4 Å². The molecule has 0 atom stereocenters. The smallest absolute Gasteiger partial charge is 0.243 e. The molecule has 7 heteroatoms. The second-order valence-corrected chi connectivity index (χ2v) is 7.94. The molecule has 3 heterocycles. The lowest BCUT2D eigenvalue weighted by Gasteiger charge is -2.33. The van der Waals surface area contributed by atoms with Crippen molar-refractivity contribution < 1.29 is 12.0 Å². The predicted molar refractivity (Wildman–Crippen MR) is 129 cm³/mol. The van der Waals surface area contributed by atoms with Gasteiger partial charge in [-0.05, 0) is 62.4 Å². The second kappa shape index (κ2) is 11.3. The monoisotopic (exact) mass is 429 g/mol. The molecule has 1 amide bonds. The number of carbonyl (C=O) groups is 1. The lowest BCUT2D eigenvalue weighted by Crippen LogP contribution is -2.44. The van der Waals surface area contributed by atoms with Crippen molar-refractivity contribution >= 4 is 23.1 Å². The first kappa shape index (κ1) is 22.6. The number of nitrogen functional groups attached to an aromatic ring is 1. The standard InChI is InChI=1S/C13H18N4O.C11H14FN.2H2/c1-2-13(18)16-10-4-7-17(8-5-10)11-3-6-15-12(14)9-11;12-10-5-4-6-11(9-10)13-7-2-1-3-8-13;;/h2-3,6,9-10H,1,4-5,7-8H2,(H2,14,15)(H,16,18);4-6,9H,1-3,7-8H2;2*1H. The van der Waals surface area contributed by atoms with Crippen molar-refractivity contribution in [1.82, 2.24) is 10.3 Å². The molecule has 0 unspecified atom stereocenters. The molecule has 0 aliphatic carbocycles. The van der Waals surface area contributed by atoms with Crippen LogP contribution in [0.25, 0.3) is 0 Å². The molecule has 2 aromatic rings. The quantitative estimate of drug-likeness (QED) is 0.711. The number of aromatic nitrogens is 1. The van der Waals surface area contributed by atoms with Crippen LogP contribution in [0.4, 0.5) is 21.6 Å². The minimum absolute atomic E-state index is 0. The Morgan fingerprint density at radius 3 is 2.42 bits per heavy atom. The van der Waals surface area contributed by atoms with Gasteiger partial charge in [0.2, 0.25) is 5.91 Å². The number of nitrogens with two attached hydrogens (primary N) is 1. The highest BCUT2D eigenvalue weighted by Crippen LogP contribution is 2.21. The Bertz CT molecular complexity index is 871. The number of hydrogen-bond acceptors (Lipinski definition) is 5. The number of amides is 1. The maximum Gasteiger partial charge on any atom is 0.243 e. The van der Waals surface area contributed by atoms with Gasteiger partial charge in [-0.15, -0.1) is 0 Å². The zero-order valence-electron chi connectivity index (χ0n) is 18.0. The van der Waals surface area contributed by atoms with Crippen LogP contribution in [0.2, 0.25) is 0 Å². The SMILES string of the molecule is C=CC(=O)NC1CCN(c2ccnc(N)c2)CC1.Fc1cccc(N2CCCCC2)c1.[HH].[HH]. The van der Waals surface area contributed by atoms with E-state index in [4.69, 9.17) is 5.73 Å². The largest absolute Gasteiger partial charge is 0.384 e. The van der Waals surface area contributed by atoms with E-state index in [1.54, 1.807) is 18.3 Å². The van der Waals surface area contributed by atoms with Crippen LogP contribution in [0.5, 0.6) is 0 Å². The predicted octanol–water partition coefficient (Wildman–Crippen LogP) is 4.24. The van der Waals surface area contributed by atoms with E-state index in [9.17, 15) is 9.18 Å². The number of rotatable bonds is 4. The summed E-state index contributed by atoms with van der Waals surface area (Å²) in [6.07, 6.45) is 8.68. The van der Waals surface area contributed by atoms with Crippen molar-refractivity contribution in [3.05, 3.63) is 61.1 Å². The molecular weight excluding hydrogens is 393 g/mol. The lowest BCUT2D eigenvalue weighted by molar-refractivity contribution is -0.117. The summed E-state index contributed by atoms with van der Waals surface area (Å²) in [6, 6.07) is 10.9. The van der Waals surface area contributed by atoms with Gasteiger partial charge < -0.3 is 20.9 Å². The summed E-state index contributed by atoms with van der Waals surface area (Å²) in [5, 5.41) is 2.93. The van der Waals surface area contributed by atoms with Gasteiger partial charge >= 0.3 is 0 Å². The average molecular weight is 430 g/mol. The van der Waals surface area contributed by atoms with Gasteiger partial charge in [0, 0.05) is 58.7 Å². The van der Waals surface area contributed by atoms with Crippen molar-refractivity contribution in [2.24, 2.45) is 0 Å². The van der Waals surface area contributed by atoms with Crippen LogP contribution in [0.1, 0.15) is 35.0 Å². The van der Waals surface area contributed by atoms with E-state index in [2.05, 4.69) is 26.7 Å². The van der Waals surface area contributed by atoms with Gasteiger partial charge in [0.05, 0.1) is 0 Å². The first-order valence-electron chi connectivity index (χ1n) is 10.9. The number of benzene rings is 1. The normalized spacial score (nSPS) is 16.8. The average Bonchev–Trinajstić information content (AvgIpc) is 2.80. The van der Waals surface area contributed by atoms with Crippen LogP contribution in [0, 0.1) is 5.82 Å². The highest BCUT2D eigenvalue weighted by atomic mass is 19.1. The van der Waals surface area contributed by atoms with Crippen LogP contribution in [0.15, 0.2) is 55.3 Å². The maximum absolute atomic E-state index is 12.9. The van der Waals surface area contributed by atoms with Crippen LogP contribution >= 0.6 is 0 Å². The summed E-state index contributed by atoms with van der Waals surface area (Å²) < 4.78 is 12.9. The highest BCUT2D eigenvalue weighted by Gasteiger charge is 2.20.